The highest BCUT2D eigenvalue weighted by Gasteiger charge is 2.26. The lowest BCUT2D eigenvalue weighted by Gasteiger charge is -2.24. The number of benzene rings is 2. The molecule has 1 amide bonds. The molecule has 5 heteroatoms. The van der Waals surface area contributed by atoms with E-state index < -0.39 is 6.04 Å². The fourth-order valence-corrected chi connectivity index (χ4v) is 2.81. The molecule has 0 spiro atoms. The minimum Gasteiger partial charge on any atom is -0.497 e. The number of aromatic nitrogens is 2. The summed E-state index contributed by atoms with van der Waals surface area (Å²) in [7, 11) is 3.44. The van der Waals surface area contributed by atoms with E-state index in [9.17, 15) is 4.79 Å². The molecule has 1 unspecified atom stereocenters. The number of likely N-dealkylation sites (N-methyl/N-ethyl adjacent to an activating group) is 1. The third kappa shape index (κ3) is 3.88. The Morgan fingerprint density at radius 1 is 1.16 bits per heavy atom. The smallest absolute Gasteiger partial charge is 0.252 e. The first-order valence-electron chi connectivity index (χ1n) is 8.11. The second kappa shape index (κ2) is 7.66. The minimum absolute atomic E-state index is 0.0160. The van der Waals surface area contributed by atoms with Crippen molar-refractivity contribution >= 4 is 5.91 Å². The molecule has 0 N–H and O–H groups in total. The molecule has 3 aromatic rings. The summed E-state index contributed by atoms with van der Waals surface area (Å²) in [6.07, 6.45) is 3.50. The summed E-state index contributed by atoms with van der Waals surface area (Å²) in [5.41, 5.74) is 1.93. The Labute approximate surface area is 147 Å². The number of ether oxygens (including phenoxy) is 1. The Morgan fingerprint density at radius 2 is 1.96 bits per heavy atom. The van der Waals surface area contributed by atoms with E-state index in [1.54, 1.807) is 29.9 Å². The second-order valence-electron chi connectivity index (χ2n) is 5.85. The van der Waals surface area contributed by atoms with Gasteiger partial charge in [-0.2, -0.15) is 5.10 Å². The predicted octanol–water partition coefficient (Wildman–Crippen LogP) is 3.14. The van der Waals surface area contributed by atoms with Crippen molar-refractivity contribution in [3.05, 3.63) is 84.2 Å². The predicted molar refractivity (Wildman–Crippen MR) is 96.3 cm³/mol. The summed E-state index contributed by atoms with van der Waals surface area (Å²) < 4.78 is 6.95. The van der Waals surface area contributed by atoms with Gasteiger partial charge in [-0.05, 0) is 29.3 Å². The molecule has 1 atom stereocenters. The zero-order chi connectivity index (χ0) is 17.6. The van der Waals surface area contributed by atoms with E-state index in [1.807, 2.05) is 66.9 Å². The molecule has 0 bridgehead atoms. The largest absolute Gasteiger partial charge is 0.497 e. The number of hydrogen-bond acceptors (Lipinski definition) is 3. The van der Waals surface area contributed by atoms with Gasteiger partial charge < -0.3 is 9.64 Å². The van der Waals surface area contributed by atoms with Crippen molar-refractivity contribution in [1.82, 2.24) is 14.7 Å². The Kier molecular flexibility index (Phi) is 5.14. The van der Waals surface area contributed by atoms with Crippen LogP contribution in [0.5, 0.6) is 5.75 Å². The summed E-state index contributed by atoms with van der Waals surface area (Å²) in [5.74, 6) is 0.766. The van der Waals surface area contributed by atoms with E-state index in [0.29, 0.717) is 6.54 Å². The Hall–Kier alpha value is -3.08. The van der Waals surface area contributed by atoms with Gasteiger partial charge in [0.1, 0.15) is 5.75 Å². The van der Waals surface area contributed by atoms with Crippen LogP contribution in [0.2, 0.25) is 0 Å². The van der Waals surface area contributed by atoms with Gasteiger partial charge in [0.2, 0.25) is 0 Å². The Bertz CT molecular complexity index is 816. The molecule has 3 rings (SSSR count). The van der Waals surface area contributed by atoms with Crippen LogP contribution in [0.3, 0.4) is 0 Å². The zero-order valence-electron chi connectivity index (χ0n) is 14.4. The Balaban J connectivity index is 1.84. The maximum atomic E-state index is 13.1. The van der Waals surface area contributed by atoms with Crippen LogP contribution in [0.25, 0.3) is 0 Å². The second-order valence-corrected chi connectivity index (χ2v) is 5.85. The number of methoxy groups -OCH3 is 1. The van der Waals surface area contributed by atoms with Gasteiger partial charge >= 0.3 is 0 Å². The van der Waals surface area contributed by atoms with Crippen LogP contribution in [0.15, 0.2) is 73.1 Å². The molecule has 0 saturated carbocycles. The highest BCUT2D eigenvalue weighted by Crippen LogP contribution is 2.21. The maximum absolute atomic E-state index is 13.1. The summed E-state index contributed by atoms with van der Waals surface area (Å²) in [4.78, 5) is 14.9. The lowest BCUT2D eigenvalue weighted by atomic mass is 10.1. The molecule has 1 aromatic heterocycles. The first kappa shape index (κ1) is 16.8. The number of rotatable bonds is 6. The number of hydrogen-bond donors (Lipinski definition) is 0. The number of nitrogens with zero attached hydrogens (tertiary/aromatic N) is 3. The summed E-state index contributed by atoms with van der Waals surface area (Å²) >= 11 is 0. The molecule has 1 heterocycles. The topological polar surface area (TPSA) is 47.4 Å². The van der Waals surface area contributed by atoms with Gasteiger partial charge in [0.25, 0.3) is 5.91 Å². The third-order valence-corrected chi connectivity index (χ3v) is 4.07. The first-order valence-corrected chi connectivity index (χ1v) is 8.11. The standard InChI is InChI=1S/C20H21N3O2/c1-22(15-16-8-6-11-18(14-16)25-2)20(24)19(23-13-7-12-21-23)17-9-4-3-5-10-17/h3-14,19H,15H2,1-2H3. The lowest BCUT2D eigenvalue weighted by molar-refractivity contribution is -0.133. The van der Waals surface area contributed by atoms with Crippen LogP contribution >= 0.6 is 0 Å². The first-order chi connectivity index (χ1) is 12.2. The van der Waals surface area contributed by atoms with Gasteiger partial charge in [0, 0.05) is 26.0 Å². The quantitative estimate of drug-likeness (QED) is 0.695. The molecule has 2 aromatic carbocycles. The number of amides is 1. The average molecular weight is 335 g/mol. The number of carbonyl (C=O) groups is 1. The van der Waals surface area contributed by atoms with Crippen molar-refractivity contribution in [2.45, 2.75) is 12.6 Å². The van der Waals surface area contributed by atoms with Gasteiger partial charge in [0.15, 0.2) is 6.04 Å². The molecule has 0 saturated heterocycles. The summed E-state index contributed by atoms with van der Waals surface area (Å²) in [5, 5.41) is 4.28. The van der Waals surface area contributed by atoms with Crippen LogP contribution in [0, 0.1) is 0 Å². The highest BCUT2D eigenvalue weighted by atomic mass is 16.5. The maximum Gasteiger partial charge on any atom is 0.252 e. The van der Waals surface area contributed by atoms with Crippen LogP contribution in [0.1, 0.15) is 17.2 Å². The molecule has 0 radical (unpaired) electrons. The fraction of sp³-hybridized carbons (Fsp3) is 0.200. The van der Waals surface area contributed by atoms with Crippen molar-refractivity contribution in [2.24, 2.45) is 0 Å². The third-order valence-electron chi connectivity index (χ3n) is 4.07. The van der Waals surface area contributed by atoms with Crippen LogP contribution in [-0.2, 0) is 11.3 Å². The molecule has 0 aliphatic heterocycles. The van der Waals surface area contributed by atoms with Crippen LogP contribution < -0.4 is 4.74 Å². The monoisotopic (exact) mass is 335 g/mol. The number of carbonyl (C=O) groups excluding carboxylic acids is 1. The molecule has 0 fully saturated rings. The van der Waals surface area contributed by atoms with Crippen molar-refractivity contribution < 1.29 is 9.53 Å². The van der Waals surface area contributed by atoms with Crippen LogP contribution in [-0.4, -0.2) is 34.7 Å². The summed E-state index contributed by atoms with van der Waals surface area (Å²) in [6.45, 7) is 0.501. The van der Waals surface area contributed by atoms with E-state index in [1.165, 1.54) is 0 Å². The van der Waals surface area contributed by atoms with Gasteiger partial charge in [0.05, 0.1) is 7.11 Å². The normalized spacial score (nSPS) is 11.8. The van der Waals surface area contributed by atoms with E-state index in [4.69, 9.17) is 4.74 Å². The van der Waals surface area contributed by atoms with Crippen molar-refractivity contribution in [3.63, 3.8) is 0 Å². The molecule has 0 aliphatic rings. The minimum atomic E-state index is -0.480. The average Bonchev–Trinajstić information content (AvgIpc) is 3.17. The van der Waals surface area contributed by atoms with E-state index in [2.05, 4.69) is 5.10 Å². The SMILES string of the molecule is COc1cccc(CN(C)C(=O)C(c2ccccc2)n2cccn2)c1. The lowest BCUT2D eigenvalue weighted by Crippen LogP contribution is -2.35. The molecule has 0 aliphatic carbocycles. The van der Waals surface area contributed by atoms with E-state index in [-0.39, 0.29) is 5.91 Å². The highest BCUT2D eigenvalue weighted by molar-refractivity contribution is 5.83. The molecule has 25 heavy (non-hydrogen) atoms. The fourth-order valence-electron chi connectivity index (χ4n) is 2.81. The Morgan fingerprint density at radius 3 is 2.64 bits per heavy atom. The zero-order valence-corrected chi connectivity index (χ0v) is 14.4. The van der Waals surface area contributed by atoms with Gasteiger partial charge in [-0.3, -0.25) is 9.48 Å². The van der Waals surface area contributed by atoms with E-state index >= 15 is 0 Å². The van der Waals surface area contributed by atoms with Crippen LogP contribution in [0.4, 0.5) is 0 Å². The van der Waals surface area contributed by atoms with Gasteiger partial charge in [-0.25, -0.2) is 0 Å². The van der Waals surface area contributed by atoms with Gasteiger partial charge in [-0.1, -0.05) is 42.5 Å². The van der Waals surface area contributed by atoms with E-state index in [0.717, 1.165) is 16.9 Å². The van der Waals surface area contributed by atoms with Crippen molar-refractivity contribution in [1.29, 1.82) is 0 Å². The van der Waals surface area contributed by atoms with Crippen molar-refractivity contribution in [2.75, 3.05) is 14.2 Å². The molecular formula is C20H21N3O2. The summed E-state index contributed by atoms with van der Waals surface area (Å²) in [6, 6.07) is 18.8. The molecular weight excluding hydrogens is 314 g/mol. The molecule has 5 nitrogen and oxygen atoms in total. The molecule has 128 valence electrons. The van der Waals surface area contributed by atoms with Gasteiger partial charge in [-0.15, -0.1) is 0 Å². The van der Waals surface area contributed by atoms with Crippen molar-refractivity contribution in [3.8, 4) is 5.75 Å².